The summed E-state index contributed by atoms with van der Waals surface area (Å²) in [5.74, 6) is -8.35. The number of hydrogen-bond acceptors (Lipinski definition) is 7. The van der Waals surface area contributed by atoms with Crippen LogP contribution in [-0.4, -0.2) is 53.6 Å². The van der Waals surface area contributed by atoms with E-state index in [2.05, 4.69) is 9.97 Å². The van der Waals surface area contributed by atoms with Crippen LogP contribution >= 0.6 is 0 Å². The van der Waals surface area contributed by atoms with Crippen LogP contribution < -0.4 is 4.74 Å². The minimum atomic E-state index is -1.77. The van der Waals surface area contributed by atoms with Crippen LogP contribution in [-0.2, 0) is 0 Å². The molecule has 298 valence electrons. The van der Waals surface area contributed by atoms with E-state index in [1.54, 1.807) is 72.8 Å². The number of phenolic OH excluding ortho intramolecular Hbond substituents is 3. The summed E-state index contributed by atoms with van der Waals surface area (Å²) in [6, 6.07) is 26.2. The Morgan fingerprint density at radius 3 is 1.20 bits per heavy atom. The summed E-state index contributed by atoms with van der Waals surface area (Å²) in [7, 11) is 0. The summed E-state index contributed by atoms with van der Waals surface area (Å²) in [6.07, 6.45) is 6.56. The standard InChI is InChI=1S/C47H32F4N4O5/c48-43-42(44(49)46(51)47(45(43)50)60-20-4-19-56)41-36-17-15-34(54-36)39(25-6-2-9-28(58)22-25)32-13-11-30(52-32)38(24-5-1-8-27(57)21-24)31-12-14-33(53-31)40(35-16-18-37(41)55-35)26-7-3-10-29(59)23-26/h1-3,5-18,21-23,52,55-59H,4,19-20H2. The molecule has 8 bridgehead atoms. The molecule has 0 spiro atoms. The number of aromatic amines is 2. The lowest BCUT2D eigenvalue weighted by atomic mass is 10.0. The van der Waals surface area contributed by atoms with Crippen LogP contribution in [0, 0.1) is 23.3 Å². The normalized spacial score (nSPS) is 12.0. The Hall–Kier alpha value is -7.64. The molecule has 60 heavy (non-hydrogen) atoms. The van der Waals surface area contributed by atoms with Crippen LogP contribution in [0.5, 0.6) is 23.0 Å². The van der Waals surface area contributed by atoms with Gasteiger partial charge >= 0.3 is 0 Å². The van der Waals surface area contributed by atoms with Crippen molar-refractivity contribution >= 4 is 46.4 Å². The van der Waals surface area contributed by atoms with E-state index in [0.717, 1.165) is 0 Å². The van der Waals surface area contributed by atoms with E-state index >= 15 is 17.6 Å². The average Bonchev–Trinajstić information content (AvgIpc) is 4.08. The maximum absolute atomic E-state index is 16.4. The van der Waals surface area contributed by atoms with Crippen LogP contribution in [0.4, 0.5) is 17.6 Å². The Bertz CT molecular complexity index is 3050. The molecule has 0 atom stereocenters. The zero-order valence-corrected chi connectivity index (χ0v) is 31.3. The van der Waals surface area contributed by atoms with Gasteiger partial charge in [0.15, 0.2) is 17.4 Å². The van der Waals surface area contributed by atoms with Crippen LogP contribution in [0.15, 0.2) is 97.1 Å². The first kappa shape index (κ1) is 37.9. The van der Waals surface area contributed by atoms with Crippen molar-refractivity contribution in [3.05, 3.63) is 143 Å². The second-order valence-corrected chi connectivity index (χ2v) is 14.0. The number of nitrogens with one attached hydrogen (secondary N) is 2. The second-order valence-electron chi connectivity index (χ2n) is 14.0. The molecule has 5 heterocycles. The molecule has 6 N–H and O–H groups in total. The number of fused-ring (bicyclic) bond motifs is 8. The minimum absolute atomic E-state index is 0.0183. The fraction of sp³-hybridized carbons (Fsp3) is 0.0638. The van der Waals surface area contributed by atoms with Gasteiger partial charge in [-0.25, -0.2) is 18.7 Å². The van der Waals surface area contributed by atoms with Crippen LogP contribution in [0.1, 0.15) is 29.2 Å². The van der Waals surface area contributed by atoms with Crippen molar-refractivity contribution in [3.8, 4) is 67.5 Å². The first-order valence-corrected chi connectivity index (χ1v) is 18.7. The zero-order chi connectivity index (χ0) is 41.7. The topological polar surface area (TPSA) is 148 Å². The quantitative estimate of drug-likeness (QED) is 0.0509. The highest BCUT2D eigenvalue weighted by atomic mass is 19.2. The summed E-state index contributed by atoms with van der Waals surface area (Å²) in [6.45, 7) is -0.783. The number of halogens is 4. The number of rotatable bonds is 8. The third-order valence-corrected chi connectivity index (χ3v) is 10.2. The van der Waals surface area contributed by atoms with Crippen molar-refractivity contribution in [3.63, 3.8) is 0 Å². The molecule has 3 aromatic heterocycles. The van der Waals surface area contributed by atoms with Gasteiger partial charge < -0.3 is 35.1 Å². The summed E-state index contributed by atoms with van der Waals surface area (Å²) in [5.41, 5.74) is 4.38. The molecule has 2 aliphatic rings. The van der Waals surface area contributed by atoms with E-state index in [1.807, 2.05) is 12.1 Å². The predicted octanol–water partition coefficient (Wildman–Crippen LogP) is 10.8. The Kier molecular flexibility index (Phi) is 9.65. The number of benzene rings is 4. The van der Waals surface area contributed by atoms with Gasteiger partial charge in [-0.3, -0.25) is 0 Å². The van der Waals surface area contributed by atoms with Gasteiger partial charge in [0.25, 0.3) is 0 Å². The molecule has 0 unspecified atom stereocenters. The second kappa shape index (κ2) is 15.3. The van der Waals surface area contributed by atoms with Gasteiger partial charge in [-0.2, -0.15) is 8.78 Å². The van der Waals surface area contributed by atoms with E-state index in [1.165, 1.54) is 36.4 Å². The Labute approximate surface area is 338 Å². The van der Waals surface area contributed by atoms with Crippen molar-refractivity contribution < 1.29 is 42.7 Å². The third kappa shape index (κ3) is 6.70. The molecule has 0 radical (unpaired) electrons. The number of phenols is 3. The average molecular weight is 809 g/mol. The lowest BCUT2D eigenvalue weighted by molar-refractivity contribution is 0.218. The highest BCUT2D eigenvalue weighted by Gasteiger charge is 2.30. The number of aliphatic hydroxyl groups excluding tert-OH is 1. The van der Waals surface area contributed by atoms with E-state index in [9.17, 15) is 15.3 Å². The number of aliphatic hydroxyl groups is 1. The Morgan fingerprint density at radius 2 is 0.833 bits per heavy atom. The van der Waals surface area contributed by atoms with Crippen LogP contribution in [0.25, 0.3) is 90.9 Å². The van der Waals surface area contributed by atoms with Gasteiger partial charge in [0.05, 0.1) is 34.9 Å². The monoisotopic (exact) mass is 808 g/mol. The molecule has 0 saturated carbocycles. The van der Waals surface area contributed by atoms with Crippen molar-refractivity contribution in [2.75, 3.05) is 13.2 Å². The maximum atomic E-state index is 16.4. The highest BCUT2D eigenvalue weighted by Crippen LogP contribution is 2.42. The zero-order valence-electron chi connectivity index (χ0n) is 31.3. The molecule has 0 aliphatic carbocycles. The molecule has 4 aromatic carbocycles. The fourth-order valence-corrected chi connectivity index (χ4v) is 7.56. The third-order valence-electron chi connectivity index (χ3n) is 10.2. The molecule has 7 aromatic rings. The first-order chi connectivity index (χ1) is 29.1. The van der Waals surface area contributed by atoms with E-state index in [0.29, 0.717) is 61.3 Å². The van der Waals surface area contributed by atoms with Crippen molar-refractivity contribution in [2.45, 2.75) is 6.42 Å². The fourth-order valence-electron chi connectivity index (χ4n) is 7.56. The van der Waals surface area contributed by atoms with Gasteiger partial charge in [-0.05, 0) is 102 Å². The summed E-state index contributed by atoms with van der Waals surface area (Å²) in [4.78, 5) is 16.6. The lowest BCUT2D eigenvalue weighted by Crippen LogP contribution is -2.08. The van der Waals surface area contributed by atoms with E-state index < -0.39 is 41.2 Å². The first-order valence-electron chi connectivity index (χ1n) is 18.7. The molecule has 0 saturated heterocycles. The summed E-state index contributed by atoms with van der Waals surface area (Å²) >= 11 is 0. The van der Waals surface area contributed by atoms with Crippen molar-refractivity contribution in [1.29, 1.82) is 0 Å². The minimum Gasteiger partial charge on any atom is -0.508 e. The molecule has 9 nitrogen and oxygen atoms in total. The van der Waals surface area contributed by atoms with Gasteiger partial charge in [-0.15, -0.1) is 0 Å². The predicted molar refractivity (Wildman–Crippen MR) is 223 cm³/mol. The molecule has 9 rings (SSSR count). The van der Waals surface area contributed by atoms with E-state index in [-0.39, 0.29) is 52.7 Å². The van der Waals surface area contributed by atoms with Gasteiger partial charge in [0.2, 0.25) is 11.6 Å². The molecule has 0 amide bonds. The molecular weight excluding hydrogens is 777 g/mol. The lowest BCUT2D eigenvalue weighted by Gasteiger charge is -2.14. The van der Waals surface area contributed by atoms with Crippen molar-refractivity contribution in [2.24, 2.45) is 0 Å². The molecule has 0 fully saturated rings. The maximum Gasteiger partial charge on any atom is 0.204 e. The number of nitrogens with zero attached hydrogens (tertiary/aromatic N) is 2. The van der Waals surface area contributed by atoms with Crippen LogP contribution in [0.2, 0.25) is 0 Å². The number of H-pyrrole nitrogens is 2. The molecule has 13 heteroatoms. The number of aromatic hydroxyl groups is 3. The summed E-state index contributed by atoms with van der Waals surface area (Å²) in [5, 5.41) is 40.9. The Balaban J connectivity index is 1.47. The SMILES string of the molecule is OCCCOc1c(F)c(F)c(-c2c3nc(c(-c4cccc(O)c4)c4ccc([nH]4)c(-c4cccc(O)c4)c4nc(c(-c5cccc(O)c5)c5ccc2[nH]5)C=C4)C=C3)c(F)c1F. The molecular formula is C47H32F4N4O5. The van der Waals surface area contributed by atoms with Gasteiger partial charge in [-0.1, -0.05) is 36.4 Å². The number of hydrogen-bond donors (Lipinski definition) is 6. The summed E-state index contributed by atoms with van der Waals surface area (Å²) < 4.78 is 69.5. The molecule has 2 aliphatic heterocycles. The number of aromatic nitrogens is 4. The van der Waals surface area contributed by atoms with Crippen LogP contribution in [0.3, 0.4) is 0 Å². The Morgan fingerprint density at radius 1 is 0.467 bits per heavy atom. The van der Waals surface area contributed by atoms with E-state index in [4.69, 9.17) is 19.8 Å². The van der Waals surface area contributed by atoms with Crippen molar-refractivity contribution in [1.82, 2.24) is 19.9 Å². The largest absolute Gasteiger partial charge is 0.508 e. The van der Waals surface area contributed by atoms with Gasteiger partial charge in [0, 0.05) is 57.3 Å². The smallest absolute Gasteiger partial charge is 0.204 e. The van der Waals surface area contributed by atoms with Gasteiger partial charge in [0.1, 0.15) is 17.2 Å². The highest BCUT2D eigenvalue weighted by molar-refractivity contribution is 6.00. The number of ether oxygens (including phenoxy) is 1.